The summed E-state index contributed by atoms with van der Waals surface area (Å²) in [5.74, 6) is 0.398. The van der Waals surface area contributed by atoms with Crippen LogP contribution in [0, 0.1) is 5.92 Å². The van der Waals surface area contributed by atoms with Crippen molar-refractivity contribution < 1.29 is 14.3 Å². The van der Waals surface area contributed by atoms with E-state index in [2.05, 4.69) is 5.32 Å². The van der Waals surface area contributed by atoms with Gasteiger partial charge in [0.05, 0.1) is 6.61 Å². The van der Waals surface area contributed by atoms with Crippen LogP contribution in [0.4, 0.5) is 4.79 Å². The van der Waals surface area contributed by atoms with Crippen molar-refractivity contribution >= 4 is 6.09 Å². The molecule has 1 amide bonds. The summed E-state index contributed by atoms with van der Waals surface area (Å²) in [7, 11) is 3.57. The molecule has 1 atom stereocenters. The van der Waals surface area contributed by atoms with Crippen molar-refractivity contribution in [3.63, 3.8) is 0 Å². The first-order valence-corrected chi connectivity index (χ1v) is 5.33. The number of ether oxygens (including phenoxy) is 2. The second-order valence-electron chi connectivity index (χ2n) is 3.79. The van der Waals surface area contributed by atoms with Gasteiger partial charge in [-0.25, -0.2) is 4.79 Å². The number of methoxy groups -OCH3 is 1. The molecule has 5 nitrogen and oxygen atoms in total. The Hall–Kier alpha value is -0.810. The number of hydrogen-bond acceptors (Lipinski definition) is 4. The van der Waals surface area contributed by atoms with Gasteiger partial charge in [0, 0.05) is 39.3 Å². The van der Waals surface area contributed by atoms with Crippen LogP contribution in [0.1, 0.15) is 6.42 Å². The fourth-order valence-electron chi connectivity index (χ4n) is 1.71. The van der Waals surface area contributed by atoms with Gasteiger partial charge in [0.1, 0.15) is 0 Å². The third-order valence-corrected chi connectivity index (χ3v) is 2.45. The Balaban J connectivity index is 2.29. The van der Waals surface area contributed by atoms with Gasteiger partial charge >= 0.3 is 6.09 Å². The van der Waals surface area contributed by atoms with E-state index in [1.807, 2.05) is 7.05 Å². The summed E-state index contributed by atoms with van der Waals surface area (Å²) < 4.78 is 10.0. The zero-order valence-electron chi connectivity index (χ0n) is 9.49. The van der Waals surface area contributed by atoms with Crippen LogP contribution in [-0.2, 0) is 9.47 Å². The van der Waals surface area contributed by atoms with Gasteiger partial charge in [0.25, 0.3) is 0 Å². The van der Waals surface area contributed by atoms with Crippen molar-refractivity contribution in [1.29, 1.82) is 0 Å². The molecule has 5 heteroatoms. The van der Waals surface area contributed by atoms with E-state index in [0.717, 1.165) is 19.5 Å². The van der Waals surface area contributed by atoms with Crippen molar-refractivity contribution in [3.8, 4) is 0 Å². The summed E-state index contributed by atoms with van der Waals surface area (Å²) >= 11 is 0. The highest BCUT2D eigenvalue weighted by Crippen LogP contribution is 2.10. The number of carbonyl (C=O) groups is 1. The molecule has 0 aromatic rings. The van der Waals surface area contributed by atoms with Gasteiger partial charge in [-0.05, 0) is 13.5 Å². The Kier molecular flexibility index (Phi) is 5.42. The van der Waals surface area contributed by atoms with Crippen molar-refractivity contribution in [1.82, 2.24) is 10.2 Å². The molecule has 1 saturated heterocycles. The van der Waals surface area contributed by atoms with Crippen LogP contribution in [-0.4, -0.2) is 58.0 Å². The average molecular weight is 216 g/mol. The van der Waals surface area contributed by atoms with E-state index in [0.29, 0.717) is 25.7 Å². The maximum atomic E-state index is 11.4. The van der Waals surface area contributed by atoms with Gasteiger partial charge in [0.2, 0.25) is 0 Å². The quantitative estimate of drug-likeness (QED) is 0.649. The molecule has 1 rings (SSSR count). The maximum absolute atomic E-state index is 11.4. The number of hydrogen-bond donors (Lipinski definition) is 1. The highest BCUT2D eigenvalue weighted by atomic mass is 16.6. The molecular weight excluding hydrogens is 196 g/mol. The lowest BCUT2D eigenvalue weighted by Gasteiger charge is -2.32. The molecule has 1 aliphatic rings. The van der Waals surface area contributed by atoms with Crippen LogP contribution in [0.2, 0.25) is 0 Å². The minimum atomic E-state index is -0.196. The molecule has 0 spiro atoms. The van der Waals surface area contributed by atoms with Crippen LogP contribution in [0.3, 0.4) is 0 Å². The number of nitrogens with zero attached hydrogens (tertiary/aromatic N) is 1. The van der Waals surface area contributed by atoms with E-state index in [-0.39, 0.29) is 6.09 Å². The lowest BCUT2D eigenvalue weighted by molar-refractivity contribution is 0.0405. The van der Waals surface area contributed by atoms with Crippen molar-refractivity contribution in [2.45, 2.75) is 6.42 Å². The normalized spacial score (nSPS) is 21.6. The van der Waals surface area contributed by atoms with E-state index >= 15 is 0 Å². The summed E-state index contributed by atoms with van der Waals surface area (Å²) in [6.07, 6.45) is 0.663. The smallest absolute Gasteiger partial charge is 0.409 e. The summed E-state index contributed by atoms with van der Waals surface area (Å²) in [6, 6.07) is 0. The second-order valence-corrected chi connectivity index (χ2v) is 3.79. The van der Waals surface area contributed by atoms with Crippen LogP contribution < -0.4 is 5.32 Å². The molecular formula is C10H20N2O3. The van der Waals surface area contributed by atoms with Gasteiger partial charge in [-0.2, -0.15) is 0 Å². The predicted molar refractivity (Wildman–Crippen MR) is 56.8 cm³/mol. The fourth-order valence-corrected chi connectivity index (χ4v) is 1.71. The number of rotatable bonds is 6. The highest BCUT2D eigenvalue weighted by molar-refractivity contribution is 5.68. The van der Waals surface area contributed by atoms with E-state index in [1.165, 1.54) is 0 Å². The van der Waals surface area contributed by atoms with Crippen molar-refractivity contribution in [2.24, 2.45) is 5.92 Å². The topological polar surface area (TPSA) is 50.8 Å². The van der Waals surface area contributed by atoms with E-state index in [9.17, 15) is 4.79 Å². The molecule has 0 bridgehead atoms. The Morgan fingerprint density at radius 1 is 1.67 bits per heavy atom. The van der Waals surface area contributed by atoms with Gasteiger partial charge in [-0.1, -0.05) is 0 Å². The predicted octanol–water partition coefficient (Wildman–Crippen LogP) is 0.311. The fraction of sp³-hybridized carbons (Fsp3) is 0.900. The first kappa shape index (κ1) is 12.3. The Bertz CT molecular complexity index is 199. The second kappa shape index (κ2) is 6.63. The molecule has 1 fully saturated rings. The summed E-state index contributed by atoms with van der Waals surface area (Å²) in [4.78, 5) is 13.1. The molecule has 88 valence electrons. The SMILES string of the molecule is CNCC1COC(=O)N(CCCOC)C1. The third kappa shape index (κ3) is 4.05. The Labute approximate surface area is 90.7 Å². The molecule has 1 N–H and O–H groups in total. The van der Waals surface area contributed by atoms with Gasteiger partial charge in [-0.3, -0.25) is 0 Å². The zero-order chi connectivity index (χ0) is 11.1. The minimum absolute atomic E-state index is 0.196. The molecule has 1 aliphatic heterocycles. The highest BCUT2D eigenvalue weighted by Gasteiger charge is 2.25. The maximum Gasteiger partial charge on any atom is 0.409 e. The molecule has 0 saturated carbocycles. The van der Waals surface area contributed by atoms with E-state index < -0.39 is 0 Å². The standard InChI is InChI=1S/C10H20N2O3/c1-11-6-9-7-12(4-3-5-14-2)10(13)15-8-9/h9,11H,3-8H2,1-2H3. The van der Waals surface area contributed by atoms with Crippen molar-refractivity contribution in [2.75, 3.05) is 47.0 Å². The van der Waals surface area contributed by atoms with E-state index in [1.54, 1.807) is 12.0 Å². The lowest BCUT2D eigenvalue weighted by Crippen LogP contribution is -2.46. The average Bonchev–Trinajstić information content (AvgIpc) is 2.23. The minimum Gasteiger partial charge on any atom is -0.449 e. The molecule has 1 heterocycles. The number of amides is 1. The van der Waals surface area contributed by atoms with Crippen LogP contribution in [0.5, 0.6) is 0 Å². The van der Waals surface area contributed by atoms with Crippen LogP contribution in [0.25, 0.3) is 0 Å². The molecule has 0 aromatic heterocycles. The van der Waals surface area contributed by atoms with Crippen LogP contribution >= 0.6 is 0 Å². The largest absolute Gasteiger partial charge is 0.449 e. The molecule has 0 radical (unpaired) electrons. The summed E-state index contributed by atoms with van der Waals surface area (Å²) in [5, 5.41) is 3.10. The van der Waals surface area contributed by atoms with E-state index in [4.69, 9.17) is 9.47 Å². The van der Waals surface area contributed by atoms with Crippen molar-refractivity contribution in [3.05, 3.63) is 0 Å². The molecule has 0 aliphatic carbocycles. The van der Waals surface area contributed by atoms with Gasteiger partial charge < -0.3 is 19.7 Å². The molecule has 0 aromatic carbocycles. The summed E-state index contributed by atoms with van der Waals surface area (Å²) in [6.45, 7) is 3.59. The number of carbonyl (C=O) groups excluding carboxylic acids is 1. The Morgan fingerprint density at radius 3 is 3.13 bits per heavy atom. The van der Waals surface area contributed by atoms with Gasteiger partial charge in [0.15, 0.2) is 0 Å². The third-order valence-electron chi connectivity index (χ3n) is 2.45. The summed E-state index contributed by atoms with van der Waals surface area (Å²) in [5.41, 5.74) is 0. The first-order chi connectivity index (χ1) is 7.27. The zero-order valence-corrected chi connectivity index (χ0v) is 9.49. The molecule has 15 heavy (non-hydrogen) atoms. The first-order valence-electron chi connectivity index (χ1n) is 5.33. The lowest BCUT2D eigenvalue weighted by atomic mass is 10.1. The monoisotopic (exact) mass is 216 g/mol. The number of cyclic esters (lactones) is 1. The van der Waals surface area contributed by atoms with Gasteiger partial charge in [-0.15, -0.1) is 0 Å². The Morgan fingerprint density at radius 2 is 2.47 bits per heavy atom. The number of nitrogens with one attached hydrogen (secondary N) is 1. The van der Waals surface area contributed by atoms with Crippen LogP contribution in [0.15, 0.2) is 0 Å². The molecule has 1 unspecified atom stereocenters.